The Balaban J connectivity index is 2.30. The molecular weight excluding hydrogens is 312 g/mol. The average molecular weight is 333 g/mol. The number of piperazine rings is 1. The molecule has 0 bridgehead atoms. The Morgan fingerprint density at radius 1 is 1.38 bits per heavy atom. The quantitative estimate of drug-likeness (QED) is 0.908. The van der Waals surface area contributed by atoms with E-state index in [4.69, 9.17) is 11.6 Å². The van der Waals surface area contributed by atoms with Crippen LogP contribution in [0.5, 0.6) is 0 Å². The van der Waals surface area contributed by atoms with E-state index in [2.05, 4.69) is 11.8 Å². The Hall–Kier alpha value is -0.660. The number of likely N-dealkylation sites (N-methyl/N-ethyl adjacent to an activating group) is 1. The molecule has 1 aromatic rings. The van der Waals surface area contributed by atoms with E-state index in [1.807, 2.05) is 7.05 Å². The summed E-state index contributed by atoms with van der Waals surface area (Å²) >= 11 is 5.92. The van der Waals surface area contributed by atoms with Crippen molar-refractivity contribution in [3.8, 4) is 0 Å². The normalized spacial score (nSPS) is 21.6. The Morgan fingerprint density at radius 3 is 2.71 bits per heavy atom. The van der Waals surface area contributed by atoms with Crippen molar-refractivity contribution in [2.75, 3.05) is 26.7 Å². The second-order valence-electron chi connectivity index (χ2n) is 5.32. The van der Waals surface area contributed by atoms with Gasteiger partial charge in [0.2, 0.25) is 10.0 Å². The van der Waals surface area contributed by atoms with Gasteiger partial charge in [-0.05, 0) is 37.2 Å². The molecule has 5 nitrogen and oxygen atoms in total. The van der Waals surface area contributed by atoms with Crippen LogP contribution in [0.2, 0.25) is 5.02 Å². The summed E-state index contributed by atoms with van der Waals surface area (Å²) in [6.45, 7) is 3.48. The van der Waals surface area contributed by atoms with Crippen molar-refractivity contribution in [2.24, 2.45) is 0 Å². The van der Waals surface area contributed by atoms with E-state index in [0.717, 1.165) is 13.0 Å². The van der Waals surface area contributed by atoms with Crippen LogP contribution in [-0.2, 0) is 16.6 Å². The highest BCUT2D eigenvalue weighted by atomic mass is 35.5. The van der Waals surface area contributed by atoms with E-state index in [-0.39, 0.29) is 17.5 Å². The van der Waals surface area contributed by atoms with Crippen molar-refractivity contribution in [3.05, 3.63) is 28.8 Å². The van der Waals surface area contributed by atoms with Crippen LogP contribution in [0.15, 0.2) is 23.1 Å². The van der Waals surface area contributed by atoms with E-state index in [1.54, 1.807) is 0 Å². The number of nitrogens with zero attached hydrogens (tertiary/aromatic N) is 2. The van der Waals surface area contributed by atoms with Crippen LogP contribution in [0.1, 0.15) is 18.9 Å². The van der Waals surface area contributed by atoms with Gasteiger partial charge >= 0.3 is 0 Å². The van der Waals surface area contributed by atoms with Crippen LogP contribution in [0, 0.1) is 0 Å². The topological polar surface area (TPSA) is 60.9 Å². The molecule has 1 heterocycles. The van der Waals surface area contributed by atoms with E-state index < -0.39 is 10.0 Å². The third kappa shape index (κ3) is 3.40. The number of aliphatic hydroxyl groups is 1. The van der Waals surface area contributed by atoms with Crippen LogP contribution in [-0.4, -0.2) is 55.5 Å². The highest BCUT2D eigenvalue weighted by Crippen LogP contribution is 2.25. The largest absolute Gasteiger partial charge is 0.392 e. The molecule has 118 valence electrons. The molecule has 1 aliphatic heterocycles. The summed E-state index contributed by atoms with van der Waals surface area (Å²) in [7, 11) is -1.52. The molecule has 0 radical (unpaired) electrons. The predicted octanol–water partition coefficient (Wildman–Crippen LogP) is 1.55. The Kier molecular flexibility index (Phi) is 5.27. The van der Waals surface area contributed by atoms with Crippen molar-refractivity contribution in [2.45, 2.75) is 30.9 Å². The second-order valence-corrected chi connectivity index (χ2v) is 7.66. The van der Waals surface area contributed by atoms with Gasteiger partial charge in [-0.25, -0.2) is 8.42 Å². The van der Waals surface area contributed by atoms with E-state index in [9.17, 15) is 13.5 Å². The molecule has 1 N–H and O–H groups in total. The molecule has 21 heavy (non-hydrogen) atoms. The highest BCUT2D eigenvalue weighted by molar-refractivity contribution is 7.89. The van der Waals surface area contributed by atoms with Crippen LogP contribution in [0.3, 0.4) is 0 Å². The Labute approximate surface area is 131 Å². The van der Waals surface area contributed by atoms with Gasteiger partial charge in [0, 0.05) is 30.7 Å². The minimum absolute atomic E-state index is 0.190. The summed E-state index contributed by atoms with van der Waals surface area (Å²) in [4.78, 5) is 2.38. The first-order valence-electron chi connectivity index (χ1n) is 6.99. The number of hydrogen-bond acceptors (Lipinski definition) is 4. The molecule has 1 fully saturated rings. The fraction of sp³-hybridized carbons (Fsp3) is 0.571. The van der Waals surface area contributed by atoms with E-state index >= 15 is 0 Å². The molecule has 7 heteroatoms. The van der Waals surface area contributed by atoms with Gasteiger partial charge in [-0.2, -0.15) is 4.31 Å². The molecular formula is C14H21ClN2O3S. The lowest BCUT2D eigenvalue weighted by Crippen LogP contribution is -2.52. The zero-order valence-electron chi connectivity index (χ0n) is 12.3. The first-order valence-corrected chi connectivity index (χ1v) is 8.81. The zero-order valence-corrected chi connectivity index (χ0v) is 13.9. The first-order chi connectivity index (χ1) is 9.90. The maximum Gasteiger partial charge on any atom is 0.243 e. The minimum atomic E-state index is -3.54. The highest BCUT2D eigenvalue weighted by Gasteiger charge is 2.32. The average Bonchev–Trinajstić information content (AvgIpc) is 2.47. The lowest BCUT2D eigenvalue weighted by Gasteiger charge is -2.38. The van der Waals surface area contributed by atoms with Gasteiger partial charge < -0.3 is 10.0 Å². The van der Waals surface area contributed by atoms with Crippen molar-refractivity contribution >= 4 is 21.6 Å². The summed E-state index contributed by atoms with van der Waals surface area (Å²) in [5.74, 6) is 0. The summed E-state index contributed by atoms with van der Waals surface area (Å²) in [5.41, 5.74) is 0.430. The standard InChI is InChI=1S/C14H21ClN2O3S/c1-3-12-9-17(7-6-16(12)2)21(19,20)13-4-5-14(15)11(8-13)10-18/h4-5,8,12,18H,3,6-7,9-10H2,1-2H3. The third-order valence-corrected chi connectivity index (χ3v) is 6.27. The zero-order chi connectivity index (χ0) is 15.6. The van der Waals surface area contributed by atoms with Gasteiger partial charge in [-0.1, -0.05) is 18.5 Å². The van der Waals surface area contributed by atoms with Crippen molar-refractivity contribution in [1.29, 1.82) is 0 Å². The lowest BCUT2D eigenvalue weighted by molar-refractivity contribution is 0.144. The monoisotopic (exact) mass is 332 g/mol. The van der Waals surface area contributed by atoms with Crippen LogP contribution in [0.4, 0.5) is 0 Å². The number of halogens is 1. The van der Waals surface area contributed by atoms with Crippen molar-refractivity contribution in [1.82, 2.24) is 9.21 Å². The van der Waals surface area contributed by atoms with Crippen molar-refractivity contribution in [3.63, 3.8) is 0 Å². The Bertz CT molecular complexity index is 606. The molecule has 1 aromatic carbocycles. The number of benzene rings is 1. The molecule has 0 saturated carbocycles. The van der Waals surface area contributed by atoms with Crippen LogP contribution < -0.4 is 0 Å². The van der Waals surface area contributed by atoms with Crippen LogP contribution >= 0.6 is 11.6 Å². The maximum atomic E-state index is 12.7. The maximum absolute atomic E-state index is 12.7. The molecule has 1 aliphatic rings. The lowest BCUT2D eigenvalue weighted by atomic mass is 10.1. The van der Waals surface area contributed by atoms with Gasteiger partial charge in [0.05, 0.1) is 11.5 Å². The Morgan fingerprint density at radius 2 is 2.10 bits per heavy atom. The second kappa shape index (κ2) is 6.62. The third-order valence-electron chi connectivity index (χ3n) is 4.04. The van der Waals surface area contributed by atoms with Gasteiger partial charge in [0.25, 0.3) is 0 Å². The summed E-state index contributed by atoms with van der Waals surface area (Å²) in [6.07, 6.45) is 0.908. The number of aliphatic hydroxyl groups excluding tert-OH is 1. The predicted molar refractivity (Wildman–Crippen MR) is 82.8 cm³/mol. The summed E-state index contributed by atoms with van der Waals surface area (Å²) in [6, 6.07) is 4.71. The number of hydrogen-bond donors (Lipinski definition) is 1. The fourth-order valence-electron chi connectivity index (χ4n) is 2.56. The molecule has 1 unspecified atom stereocenters. The summed E-state index contributed by atoms with van der Waals surface area (Å²) in [5, 5.41) is 9.61. The van der Waals surface area contributed by atoms with Gasteiger partial charge in [-0.3, -0.25) is 0 Å². The van der Waals surface area contributed by atoms with E-state index in [1.165, 1.54) is 22.5 Å². The van der Waals surface area contributed by atoms with Crippen molar-refractivity contribution < 1.29 is 13.5 Å². The summed E-state index contributed by atoms with van der Waals surface area (Å²) < 4.78 is 27.0. The van der Waals surface area contributed by atoms with Gasteiger partial charge in [-0.15, -0.1) is 0 Å². The molecule has 1 saturated heterocycles. The molecule has 0 amide bonds. The number of rotatable bonds is 4. The number of sulfonamides is 1. The molecule has 2 rings (SSSR count). The SMILES string of the molecule is CCC1CN(S(=O)(=O)c2ccc(Cl)c(CO)c2)CCN1C. The molecule has 0 spiro atoms. The van der Waals surface area contributed by atoms with Gasteiger partial charge in [0.15, 0.2) is 0 Å². The molecule has 0 aliphatic carbocycles. The smallest absolute Gasteiger partial charge is 0.243 e. The first kappa shape index (κ1) is 16.7. The minimum Gasteiger partial charge on any atom is -0.392 e. The fourth-order valence-corrected chi connectivity index (χ4v) is 4.26. The van der Waals surface area contributed by atoms with E-state index in [0.29, 0.717) is 23.7 Å². The molecule has 0 aromatic heterocycles. The molecule has 1 atom stereocenters. The van der Waals surface area contributed by atoms with Gasteiger partial charge in [0.1, 0.15) is 0 Å². The van der Waals surface area contributed by atoms with Crippen LogP contribution in [0.25, 0.3) is 0 Å².